The molecule has 0 aliphatic heterocycles. The van der Waals surface area contributed by atoms with Gasteiger partial charge >= 0.3 is 0 Å². The van der Waals surface area contributed by atoms with Gasteiger partial charge in [0.05, 0.1) is 0 Å². The molecule has 0 saturated heterocycles. The number of rotatable bonds is 4. The van der Waals surface area contributed by atoms with E-state index in [1.807, 2.05) is 11.2 Å². The Balaban J connectivity index is 0. The Hall–Kier alpha value is 0.140. The Morgan fingerprint density at radius 1 is 0.455 bits per heavy atom. The molecule has 0 N–H and O–H groups in total. The predicted molar refractivity (Wildman–Crippen MR) is 164 cm³/mol. The fourth-order valence-corrected chi connectivity index (χ4v) is 6.80. The molecular weight excluding hydrogens is 580 g/mol. The number of benzene rings is 3. The third kappa shape index (κ3) is 22.4. The third-order valence-corrected chi connectivity index (χ3v) is 8.20. The Morgan fingerprint density at radius 3 is 0.970 bits per heavy atom. The summed E-state index contributed by atoms with van der Waals surface area (Å²) in [6.07, 6.45) is 0. The van der Waals surface area contributed by atoms with E-state index in [1.165, 1.54) is 15.3 Å². The monoisotopic (exact) mass is 622 g/mol. The molecule has 0 unspecified atom stereocenters. The summed E-state index contributed by atoms with van der Waals surface area (Å²) in [4.78, 5) is 1.34. The zero-order chi connectivity index (χ0) is 24.4. The summed E-state index contributed by atoms with van der Waals surface area (Å²) in [6, 6.07) is 32.4. The second-order valence-corrected chi connectivity index (χ2v) is 20.9. The van der Waals surface area contributed by atoms with Gasteiger partial charge in [-0.25, -0.2) is 0 Å². The number of hydrogen-bond donors (Lipinski definition) is 0. The van der Waals surface area contributed by atoms with E-state index in [-0.39, 0.29) is 19.5 Å². The third-order valence-electron chi connectivity index (χ3n) is 3.04. The van der Waals surface area contributed by atoms with E-state index in [1.54, 1.807) is 0 Å². The molecule has 0 aliphatic carbocycles. The van der Waals surface area contributed by atoms with Crippen LogP contribution in [0.25, 0.3) is 0 Å². The first-order valence-corrected chi connectivity index (χ1v) is 21.8. The Bertz CT molecular complexity index is 726. The van der Waals surface area contributed by atoms with Crippen molar-refractivity contribution >= 4 is 53.3 Å². The molecule has 33 heavy (non-hydrogen) atoms. The van der Waals surface area contributed by atoms with E-state index in [2.05, 4.69) is 151 Å². The van der Waals surface area contributed by atoms with Crippen LogP contribution in [0.2, 0.25) is 0 Å². The van der Waals surface area contributed by atoms with Gasteiger partial charge < -0.3 is 0 Å². The van der Waals surface area contributed by atoms with Gasteiger partial charge in [0.15, 0.2) is 7.95 Å². The van der Waals surface area contributed by atoms with Gasteiger partial charge in [0.2, 0.25) is 0 Å². The van der Waals surface area contributed by atoms with Gasteiger partial charge in [-0.15, -0.1) is 35.0 Å². The topological polar surface area (TPSA) is 0 Å². The van der Waals surface area contributed by atoms with E-state index >= 15 is 0 Å². The van der Waals surface area contributed by atoms with Gasteiger partial charge in [0.25, 0.3) is 0 Å². The molecule has 0 atom stereocenters. The number of hydrogen-bond acceptors (Lipinski definition) is 1. The minimum Gasteiger partial charge on any atom is -0.141 e. The van der Waals surface area contributed by atoms with Crippen molar-refractivity contribution in [3.63, 3.8) is 0 Å². The molecule has 184 valence electrons. The average Bonchev–Trinajstić information content (AvgIpc) is 2.73. The summed E-state index contributed by atoms with van der Waals surface area (Å²) >= 11 is 2.00. The zero-order valence-corrected chi connectivity index (χ0v) is 27.9. The van der Waals surface area contributed by atoms with Gasteiger partial charge in [-0.05, 0) is 82.5 Å². The molecule has 0 heterocycles. The van der Waals surface area contributed by atoms with Crippen LogP contribution in [0, 0.1) is 0 Å². The molecular formula is C27H42P3RhSSi. The van der Waals surface area contributed by atoms with E-state index in [0.29, 0.717) is 23.8 Å². The van der Waals surface area contributed by atoms with E-state index in [4.69, 9.17) is 0 Å². The molecule has 3 aromatic rings. The van der Waals surface area contributed by atoms with Crippen LogP contribution in [0.1, 0.15) is 0 Å². The molecule has 0 spiro atoms. The van der Waals surface area contributed by atoms with Crippen LogP contribution in [-0.2, 0) is 19.5 Å². The van der Waals surface area contributed by atoms with E-state index < -0.39 is 7.95 Å². The summed E-state index contributed by atoms with van der Waals surface area (Å²) in [7, 11) is 0.303. The Labute approximate surface area is 227 Å². The molecule has 3 aromatic carbocycles. The molecule has 0 aromatic heterocycles. The van der Waals surface area contributed by atoms with Crippen LogP contribution in [0.3, 0.4) is 0 Å². The van der Waals surface area contributed by atoms with Crippen LogP contribution in [0.4, 0.5) is 0 Å². The molecule has 0 aliphatic rings. The summed E-state index contributed by atoms with van der Waals surface area (Å²) in [5.74, 6) is 0. The standard InChI is InChI=1S/C18H15SSi.3C3H9P.Rh/c1-4-10-16(11-5-1)19-20(17-12-6-2-7-13-17)18-14-8-3-9-15-18;3*1-4(2)3;/h1-15H;3*1-3H3;. The summed E-state index contributed by atoms with van der Waals surface area (Å²) in [5, 5.41) is 2.88. The molecule has 2 radical (unpaired) electrons. The summed E-state index contributed by atoms with van der Waals surface area (Å²) in [6.45, 7) is 20.1. The fraction of sp³-hybridized carbons (Fsp3) is 0.333. The van der Waals surface area contributed by atoms with Crippen molar-refractivity contribution in [2.45, 2.75) is 4.90 Å². The average molecular weight is 623 g/mol. The van der Waals surface area contributed by atoms with Gasteiger partial charge in [0, 0.05) is 24.4 Å². The van der Waals surface area contributed by atoms with Crippen LogP contribution in [-0.4, -0.2) is 67.9 Å². The van der Waals surface area contributed by atoms with Crippen molar-refractivity contribution in [1.29, 1.82) is 0 Å². The first-order chi connectivity index (χ1) is 15.1. The van der Waals surface area contributed by atoms with Crippen LogP contribution >= 0.6 is 35.0 Å². The van der Waals surface area contributed by atoms with E-state index in [9.17, 15) is 0 Å². The van der Waals surface area contributed by atoms with Crippen LogP contribution < -0.4 is 10.4 Å². The molecule has 0 nitrogen and oxygen atoms in total. The quantitative estimate of drug-likeness (QED) is 0.213. The second-order valence-electron chi connectivity index (χ2n) is 8.50. The van der Waals surface area contributed by atoms with Crippen molar-refractivity contribution in [3.05, 3.63) is 91.0 Å². The molecule has 6 heteroatoms. The zero-order valence-electron chi connectivity index (χ0n) is 21.7. The maximum Gasteiger partial charge on any atom is 0.196 e. The first-order valence-electron chi connectivity index (χ1n) is 10.7. The Kier molecular flexibility index (Phi) is 24.2. The van der Waals surface area contributed by atoms with Crippen molar-refractivity contribution in [2.24, 2.45) is 0 Å². The molecule has 0 amide bonds. The molecule has 0 saturated carbocycles. The van der Waals surface area contributed by atoms with Gasteiger partial charge in [-0.3, -0.25) is 0 Å². The molecule has 0 bridgehead atoms. The van der Waals surface area contributed by atoms with Crippen molar-refractivity contribution in [2.75, 3.05) is 60.0 Å². The van der Waals surface area contributed by atoms with E-state index in [0.717, 1.165) is 0 Å². The minimum atomic E-state index is -0.835. The van der Waals surface area contributed by atoms with Crippen molar-refractivity contribution in [3.8, 4) is 0 Å². The van der Waals surface area contributed by atoms with Gasteiger partial charge in [-0.2, -0.15) is 0 Å². The minimum absolute atomic E-state index is 0. The smallest absolute Gasteiger partial charge is 0.141 e. The van der Waals surface area contributed by atoms with Gasteiger partial charge in [0.1, 0.15) is 0 Å². The maximum absolute atomic E-state index is 2.25. The predicted octanol–water partition coefficient (Wildman–Crippen LogP) is 7.66. The molecule has 0 fully saturated rings. The second kappa shape index (κ2) is 22.6. The van der Waals surface area contributed by atoms with Crippen molar-refractivity contribution in [1.82, 2.24) is 0 Å². The van der Waals surface area contributed by atoms with Crippen LogP contribution in [0.5, 0.6) is 0 Å². The fourth-order valence-electron chi connectivity index (χ4n) is 2.07. The van der Waals surface area contributed by atoms with Crippen LogP contribution in [0.15, 0.2) is 95.9 Å². The normalized spacial score (nSPS) is 9.73. The largest absolute Gasteiger partial charge is 0.196 e. The first kappa shape index (κ1) is 35.3. The van der Waals surface area contributed by atoms with Gasteiger partial charge in [-0.1, -0.05) is 78.9 Å². The molecule has 3 rings (SSSR count). The van der Waals surface area contributed by atoms with Crippen molar-refractivity contribution < 1.29 is 19.5 Å². The SMILES string of the molecule is CP(C)C.CP(C)C.CP(C)C.[Rh].c1ccc(S[Si](c2ccccc2)c2ccccc2)cc1. The Morgan fingerprint density at radius 2 is 0.697 bits per heavy atom. The summed E-state index contributed by atoms with van der Waals surface area (Å²) in [5.41, 5.74) is 0. The maximum atomic E-state index is 2.25. The summed E-state index contributed by atoms with van der Waals surface area (Å²) < 4.78 is 0.